The van der Waals surface area contributed by atoms with Gasteiger partial charge in [-0.2, -0.15) is 0 Å². The molecule has 1 heterocycles. The molecule has 1 rings (SSSR count). The van der Waals surface area contributed by atoms with E-state index < -0.39 is 0 Å². The maximum Gasteiger partial charge on any atom is 0.0680 e. The van der Waals surface area contributed by atoms with Crippen molar-refractivity contribution >= 4 is 23.7 Å². The van der Waals surface area contributed by atoms with Crippen LogP contribution in [0.3, 0.4) is 0 Å². The molecule has 0 aliphatic carbocycles. The molecule has 0 fully saturated rings. The lowest BCUT2D eigenvalue weighted by Gasteiger charge is -2.01. The SMILES string of the molecule is C=Cc1[nH]sc1/C=C\C. The first-order chi connectivity index (χ1) is 4.38. The first-order valence-corrected chi connectivity index (χ1v) is 3.62. The van der Waals surface area contributed by atoms with Gasteiger partial charge in [0.25, 0.3) is 0 Å². The van der Waals surface area contributed by atoms with E-state index in [9.17, 15) is 0 Å². The van der Waals surface area contributed by atoms with Gasteiger partial charge in [0.1, 0.15) is 0 Å². The van der Waals surface area contributed by atoms with Crippen LogP contribution in [0.15, 0.2) is 12.7 Å². The molecular weight excluding hydrogens is 130 g/mol. The van der Waals surface area contributed by atoms with E-state index in [1.165, 1.54) is 4.88 Å². The van der Waals surface area contributed by atoms with Gasteiger partial charge >= 0.3 is 0 Å². The van der Waals surface area contributed by atoms with Crippen LogP contribution < -0.4 is 0 Å². The lowest BCUT2D eigenvalue weighted by atomic mass is 10.3. The van der Waals surface area contributed by atoms with Gasteiger partial charge < -0.3 is 4.37 Å². The summed E-state index contributed by atoms with van der Waals surface area (Å²) in [5.74, 6) is 0. The number of aromatic amines is 1. The molecule has 9 heavy (non-hydrogen) atoms. The number of H-pyrrole nitrogens is 1. The summed E-state index contributed by atoms with van der Waals surface area (Å²) in [5, 5.41) is 0. The van der Waals surface area contributed by atoms with E-state index in [0.717, 1.165) is 5.69 Å². The van der Waals surface area contributed by atoms with Crippen LogP contribution in [-0.4, -0.2) is 4.37 Å². The fourth-order valence-corrected chi connectivity index (χ4v) is 1.29. The summed E-state index contributed by atoms with van der Waals surface area (Å²) in [4.78, 5) is 1.27. The van der Waals surface area contributed by atoms with E-state index in [1.807, 2.05) is 19.1 Å². The average molecular weight is 139 g/mol. The molecule has 0 amide bonds. The maximum atomic E-state index is 3.65. The average Bonchev–Trinajstić information content (AvgIpc) is 1.82. The van der Waals surface area contributed by atoms with E-state index in [2.05, 4.69) is 17.0 Å². The summed E-state index contributed by atoms with van der Waals surface area (Å²) < 4.78 is 3.06. The van der Waals surface area contributed by atoms with Crippen LogP contribution in [0.4, 0.5) is 0 Å². The maximum absolute atomic E-state index is 3.65. The molecule has 1 aromatic heterocycles. The Morgan fingerprint density at radius 2 is 2.44 bits per heavy atom. The summed E-state index contributed by atoms with van der Waals surface area (Å²) in [6.07, 6.45) is 5.91. The highest BCUT2D eigenvalue weighted by molar-refractivity contribution is 7.08. The molecule has 0 radical (unpaired) electrons. The van der Waals surface area contributed by atoms with Crippen molar-refractivity contribution in [3.8, 4) is 0 Å². The first kappa shape index (κ1) is 6.36. The van der Waals surface area contributed by atoms with Gasteiger partial charge in [-0.1, -0.05) is 24.2 Å². The van der Waals surface area contributed by atoms with Crippen molar-refractivity contribution < 1.29 is 0 Å². The Hall–Kier alpha value is -0.760. The van der Waals surface area contributed by atoms with E-state index in [0.29, 0.717) is 0 Å². The predicted octanol–water partition coefficient (Wildman–Crippen LogP) is 2.75. The number of rotatable bonds is 2. The third kappa shape index (κ3) is 1.13. The minimum atomic E-state index is 1.14. The van der Waals surface area contributed by atoms with Crippen LogP contribution in [0.1, 0.15) is 17.5 Å². The molecule has 48 valence electrons. The van der Waals surface area contributed by atoms with E-state index in [-0.39, 0.29) is 0 Å². The van der Waals surface area contributed by atoms with Crippen molar-refractivity contribution in [1.29, 1.82) is 0 Å². The molecule has 0 aliphatic rings. The van der Waals surface area contributed by atoms with Crippen molar-refractivity contribution in [2.24, 2.45) is 0 Å². The number of aromatic nitrogens is 1. The Labute approximate surface area is 58.9 Å². The Kier molecular flexibility index (Phi) is 1.90. The van der Waals surface area contributed by atoms with Gasteiger partial charge in [0.15, 0.2) is 0 Å². The molecule has 0 unspecified atom stereocenters. The largest absolute Gasteiger partial charge is 0.309 e. The standard InChI is InChI=1S/C7H9NS/c1-3-5-7-6(4-2)8-9-7/h3-5,8H,2H2,1H3/b5-3-. The molecule has 0 bridgehead atoms. The zero-order valence-corrected chi connectivity index (χ0v) is 6.16. The van der Waals surface area contributed by atoms with Crippen LogP contribution in [-0.2, 0) is 0 Å². The third-order valence-electron chi connectivity index (χ3n) is 1.06. The van der Waals surface area contributed by atoms with Crippen LogP contribution in [0.25, 0.3) is 12.2 Å². The second-order valence-corrected chi connectivity index (χ2v) is 2.53. The highest BCUT2D eigenvalue weighted by Gasteiger charge is 1.97. The molecular formula is C7H9NS. The second kappa shape index (κ2) is 2.69. The predicted molar refractivity (Wildman–Crippen MR) is 43.5 cm³/mol. The quantitative estimate of drug-likeness (QED) is 0.648. The van der Waals surface area contributed by atoms with E-state index in [4.69, 9.17) is 0 Å². The number of allylic oxidation sites excluding steroid dienone is 1. The third-order valence-corrected chi connectivity index (χ3v) is 1.96. The van der Waals surface area contributed by atoms with Crippen molar-refractivity contribution in [3.05, 3.63) is 23.2 Å². The number of hydrogen-bond donors (Lipinski definition) is 1. The minimum Gasteiger partial charge on any atom is -0.309 e. The highest BCUT2D eigenvalue weighted by atomic mass is 32.1. The number of hydrogen-bond acceptors (Lipinski definition) is 1. The van der Waals surface area contributed by atoms with Gasteiger partial charge in [-0.05, 0) is 19.1 Å². The Morgan fingerprint density at radius 3 is 2.78 bits per heavy atom. The molecule has 1 N–H and O–H groups in total. The molecule has 1 nitrogen and oxygen atoms in total. The summed E-state index contributed by atoms with van der Waals surface area (Å²) in [7, 11) is 0. The zero-order valence-electron chi connectivity index (χ0n) is 5.35. The van der Waals surface area contributed by atoms with Crippen molar-refractivity contribution in [1.82, 2.24) is 4.37 Å². The highest BCUT2D eigenvalue weighted by Crippen LogP contribution is 2.17. The van der Waals surface area contributed by atoms with Crippen molar-refractivity contribution in [3.63, 3.8) is 0 Å². The molecule has 1 aromatic rings. The molecule has 0 aliphatic heterocycles. The van der Waals surface area contributed by atoms with Crippen molar-refractivity contribution in [2.75, 3.05) is 0 Å². The van der Waals surface area contributed by atoms with Gasteiger partial charge in [0.2, 0.25) is 0 Å². The topological polar surface area (TPSA) is 15.8 Å². The summed E-state index contributed by atoms with van der Waals surface area (Å²) in [6.45, 7) is 5.65. The molecule has 0 spiro atoms. The van der Waals surface area contributed by atoms with Crippen LogP contribution >= 0.6 is 11.5 Å². The zero-order chi connectivity index (χ0) is 6.69. The molecule has 0 saturated heterocycles. The van der Waals surface area contributed by atoms with Gasteiger partial charge in [0, 0.05) is 0 Å². The van der Waals surface area contributed by atoms with Gasteiger partial charge in [-0.3, -0.25) is 0 Å². The summed E-state index contributed by atoms with van der Waals surface area (Å²) in [5.41, 5.74) is 1.14. The lowest BCUT2D eigenvalue weighted by Crippen LogP contribution is -1.84. The van der Waals surface area contributed by atoms with Crippen LogP contribution in [0.2, 0.25) is 0 Å². The fraction of sp³-hybridized carbons (Fsp3) is 0.143. The van der Waals surface area contributed by atoms with Crippen LogP contribution in [0, 0.1) is 0 Å². The van der Waals surface area contributed by atoms with E-state index >= 15 is 0 Å². The fourth-order valence-electron chi connectivity index (χ4n) is 0.586. The van der Waals surface area contributed by atoms with Gasteiger partial charge in [-0.15, -0.1) is 0 Å². The lowest BCUT2D eigenvalue weighted by molar-refractivity contribution is 1.44. The number of nitrogens with one attached hydrogen (secondary N) is 1. The smallest absolute Gasteiger partial charge is 0.0680 e. The Morgan fingerprint density at radius 1 is 1.67 bits per heavy atom. The van der Waals surface area contributed by atoms with Crippen molar-refractivity contribution in [2.45, 2.75) is 6.92 Å². The summed E-state index contributed by atoms with van der Waals surface area (Å²) in [6, 6.07) is 0. The minimum absolute atomic E-state index is 1.14. The van der Waals surface area contributed by atoms with Gasteiger partial charge in [0.05, 0.1) is 10.6 Å². The first-order valence-electron chi connectivity index (χ1n) is 2.80. The summed E-state index contributed by atoms with van der Waals surface area (Å²) >= 11 is 1.63. The second-order valence-electron chi connectivity index (χ2n) is 1.69. The molecule has 0 atom stereocenters. The monoisotopic (exact) mass is 139 g/mol. The van der Waals surface area contributed by atoms with Gasteiger partial charge in [-0.25, -0.2) is 0 Å². The van der Waals surface area contributed by atoms with Crippen LogP contribution in [0.5, 0.6) is 0 Å². The molecule has 0 aromatic carbocycles. The normalized spacial score (nSPS) is 10.8. The Bertz CT molecular complexity index is 217. The molecule has 2 heteroatoms. The van der Waals surface area contributed by atoms with E-state index in [1.54, 1.807) is 11.5 Å². The molecule has 0 saturated carbocycles. The Balaban J connectivity index is 2.76.